The van der Waals surface area contributed by atoms with E-state index in [0.717, 1.165) is 25.6 Å². The Morgan fingerprint density at radius 2 is 2.00 bits per heavy atom. The molecule has 3 nitrogen and oxygen atoms in total. The summed E-state index contributed by atoms with van der Waals surface area (Å²) in [6.45, 7) is 12.2. The van der Waals surface area contributed by atoms with Gasteiger partial charge in [-0.25, -0.2) is 0 Å². The van der Waals surface area contributed by atoms with Crippen molar-refractivity contribution in [2.75, 3.05) is 26.8 Å². The van der Waals surface area contributed by atoms with Crippen molar-refractivity contribution in [1.82, 2.24) is 10.2 Å². The third-order valence-corrected chi connectivity index (χ3v) is 5.11. The second-order valence-electron chi connectivity index (χ2n) is 6.31. The maximum Gasteiger partial charge on any atom is 0.0589 e. The highest BCUT2D eigenvalue weighted by molar-refractivity contribution is 4.92. The summed E-state index contributed by atoms with van der Waals surface area (Å²) in [5, 5.41) is 3.73. The average molecular weight is 284 g/mol. The molecule has 1 rings (SSSR count). The summed E-state index contributed by atoms with van der Waals surface area (Å²) >= 11 is 0. The van der Waals surface area contributed by atoms with Gasteiger partial charge in [-0.2, -0.15) is 0 Å². The van der Waals surface area contributed by atoms with Crippen molar-refractivity contribution in [2.24, 2.45) is 5.92 Å². The van der Waals surface area contributed by atoms with Gasteiger partial charge in [0.1, 0.15) is 0 Å². The van der Waals surface area contributed by atoms with E-state index in [-0.39, 0.29) is 0 Å². The van der Waals surface area contributed by atoms with E-state index in [2.05, 4.69) is 37.9 Å². The molecular weight excluding hydrogens is 248 g/mol. The van der Waals surface area contributed by atoms with Crippen molar-refractivity contribution < 1.29 is 4.74 Å². The summed E-state index contributed by atoms with van der Waals surface area (Å²) in [7, 11) is 1.81. The van der Waals surface area contributed by atoms with Crippen LogP contribution in [0.15, 0.2) is 0 Å². The van der Waals surface area contributed by atoms with Crippen LogP contribution >= 0.6 is 0 Å². The first-order valence-electron chi connectivity index (χ1n) is 8.65. The van der Waals surface area contributed by atoms with Gasteiger partial charge in [-0.3, -0.25) is 4.90 Å². The largest absolute Gasteiger partial charge is 0.383 e. The number of rotatable bonds is 9. The Bertz CT molecular complexity index is 247. The van der Waals surface area contributed by atoms with Crippen LogP contribution in [0.2, 0.25) is 0 Å². The Hall–Kier alpha value is -0.120. The molecule has 0 aromatic rings. The minimum Gasteiger partial charge on any atom is -0.383 e. The van der Waals surface area contributed by atoms with E-state index in [1.165, 1.54) is 32.1 Å². The molecule has 1 aliphatic carbocycles. The summed E-state index contributed by atoms with van der Waals surface area (Å²) in [6.07, 6.45) is 6.62. The first kappa shape index (κ1) is 17.9. The van der Waals surface area contributed by atoms with E-state index in [1.54, 1.807) is 0 Å². The molecule has 1 aliphatic rings. The molecule has 0 aromatic heterocycles. The van der Waals surface area contributed by atoms with Crippen molar-refractivity contribution in [3.05, 3.63) is 0 Å². The molecule has 0 radical (unpaired) electrons. The van der Waals surface area contributed by atoms with Crippen LogP contribution in [0.1, 0.15) is 59.8 Å². The van der Waals surface area contributed by atoms with Gasteiger partial charge in [0, 0.05) is 31.8 Å². The van der Waals surface area contributed by atoms with Crippen LogP contribution in [0, 0.1) is 5.92 Å². The zero-order chi connectivity index (χ0) is 15.0. The normalized spacial score (nSPS) is 28.8. The fourth-order valence-corrected chi connectivity index (χ4v) is 3.61. The molecule has 4 atom stereocenters. The van der Waals surface area contributed by atoms with Crippen molar-refractivity contribution in [3.8, 4) is 0 Å². The number of methoxy groups -OCH3 is 1. The first-order valence-corrected chi connectivity index (χ1v) is 8.65. The minimum atomic E-state index is 0.645. The Morgan fingerprint density at radius 1 is 1.25 bits per heavy atom. The molecule has 0 bridgehead atoms. The van der Waals surface area contributed by atoms with Crippen molar-refractivity contribution in [1.29, 1.82) is 0 Å². The molecule has 1 N–H and O–H groups in total. The molecule has 0 aromatic carbocycles. The van der Waals surface area contributed by atoms with Crippen LogP contribution in [-0.4, -0.2) is 49.8 Å². The lowest BCUT2D eigenvalue weighted by atomic mass is 9.79. The van der Waals surface area contributed by atoms with Gasteiger partial charge in [-0.05, 0) is 45.1 Å². The van der Waals surface area contributed by atoms with Crippen LogP contribution in [0.4, 0.5) is 0 Å². The van der Waals surface area contributed by atoms with Gasteiger partial charge >= 0.3 is 0 Å². The Kier molecular flexibility index (Phi) is 8.74. The molecule has 3 heteroatoms. The van der Waals surface area contributed by atoms with Crippen LogP contribution in [0.25, 0.3) is 0 Å². The number of nitrogens with one attached hydrogen (secondary N) is 1. The van der Waals surface area contributed by atoms with Gasteiger partial charge in [-0.1, -0.05) is 27.2 Å². The topological polar surface area (TPSA) is 24.5 Å². The van der Waals surface area contributed by atoms with Crippen LogP contribution < -0.4 is 5.32 Å². The third kappa shape index (κ3) is 5.01. The zero-order valence-electron chi connectivity index (χ0n) is 14.3. The van der Waals surface area contributed by atoms with Gasteiger partial charge < -0.3 is 10.1 Å². The summed E-state index contributed by atoms with van der Waals surface area (Å²) in [5.41, 5.74) is 0. The van der Waals surface area contributed by atoms with Gasteiger partial charge in [0.05, 0.1) is 6.61 Å². The Balaban J connectivity index is 2.78. The number of likely N-dealkylation sites (N-methyl/N-ethyl adjacent to an activating group) is 1. The highest BCUT2D eigenvalue weighted by Gasteiger charge is 2.34. The first-order chi connectivity index (χ1) is 9.67. The predicted octanol–water partition coefficient (Wildman–Crippen LogP) is 3.29. The van der Waals surface area contributed by atoms with Gasteiger partial charge in [0.25, 0.3) is 0 Å². The molecule has 0 saturated heterocycles. The third-order valence-electron chi connectivity index (χ3n) is 5.11. The fourth-order valence-electron chi connectivity index (χ4n) is 3.61. The second-order valence-corrected chi connectivity index (χ2v) is 6.31. The lowest BCUT2D eigenvalue weighted by molar-refractivity contribution is 0.0400. The fraction of sp³-hybridized carbons (Fsp3) is 1.00. The van der Waals surface area contributed by atoms with E-state index < -0.39 is 0 Å². The Labute approximate surface area is 126 Å². The van der Waals surface area contributed by atoms with Crippen LogP contribution in [0.3, 0.4) is 0 Å². The monoisotopic (exact) mass is 284 g/mol. The number of hydrogen-bond donors (Lipinski definition) is 1. The van der Waals surface area contributed by atoms with Crippen molar-refractivity contribution >= 4 is 0 Å². The summed E-state index contributed by atoms with van der Waals surface area (Å²) < 4.78 is 5.34. The zero-order valence-corrected chi connectivity index (χ0v) is 14.3. The number of hydrogen-bond acceptors (Lipinski definition) is 3. The molecule has 1 saturated carbocycles. The SMILES string of the molecule is CCNC1CCC(CC)CC1N(CCOC)C(C)CC. The molecule has 0 spiro atoms. The number of ether oxygens (including phenoxy) is 1. The maximum atomic E-state index is 5.34. The molecule has 0 aliphatic heterocycles. The lowest BCUT2D eigenvalue weighted by Gasteiger charge is -2.45. The smallest absolute Gasteiger partial charge is 0.0589 e. The molecule has 0 heterocycles. The predicted molar refractivity (Wildman–Crippen MR) is 87.2 cm³/mol. The van der Waals surface area contributed by atoms with Gasteiger partial charge in [-0.15, -0.1) is 0 Å². The summed E-state index contributed by atoms with van der Waals surface area (Å²) in [4.78, 5) is 2.71. The molecule has 120 valence electrons. The number of nitrogens with zero attached hydrogens (tertiary/aromatic N) is 1. The average Bonchev–Trinajstić information content (AvgIpc) is 2.48. The van der Waals surface area contributed by atoms with Crippen LogP contribution in [-0.2, 0) is 4.74 Å². The highest BCUT2D eigenvalue weighted by atomic mass is 16.5. The molecule has 20 heavy (non-hydrogen) atoms. The van der Waals surface area contributed by atoms with Crippen molar-refractivity contribution in [3.63, 3.8) is 0 Å². The molecule has 4 unspecified atom stereocenters. The van der Waals surface area contributed by atoms with Crippen molar-refractivity contribution in [2.45, 2.75) is 77.9 Å². The second kappa shape index (κ2) is 9.75. The highest BCUT2D eigenvalue weighted by Crippen LogP contribution is 2.31. The Morgan fingerprint density at radius 3 is 2.55 bits per heavy atom. The maximum absolute atomic E-state index is 5.34. The van der Waals surface area contributed by atoms with Gasteiger partial charge in [0.2, 0.25) is 0 Å². The minimum absolute atomic E-state index is 0.645. The van der Waals surface area contributed by atoms with Crippen LogP contribution in [0.5, 0.6) is 0 Å². The van der Waals surface area contributed by atoms with E-state index in [0.29, 0.717) is 18.1 Å². The lowest BCUT2D eigenvalue weighted by Crippen LogP contribution is -2.56. The summed E-state index contributed by atoms with van der Waals surface area (Å²) in [5.74, 6) is 0.906. The quantitative estimate of drug-likeness (QED) is 0.703. The van der Waals surface area contributed by atoms with E-state index in [1.807, 2.05) is 7.11 Å². The summed E-state index contributed by atoms with van der Waals surface area (Å²) in [6, 6.07) is 1.99. The molecular formula is C17H36N2O. The molecule has 0 amide bonds. The standard InChI is InChI=1S/C17H36N2O/c1-6-14(4)19(11-12-20-5)17-13-15(7-2)9-10-16(17)18-8-3/h14-18H,6-13H2,1-5H3. The van der Waals surface area contributed by atoms with Gasteiger partial charge in [0.15, 0.2) is 0 Å². The van der Waals surface area contributed by atoms with E-state index in [4.69, 9.17) is 4.74 Å². The van der Waals surface area contributed by atoms with E-state index >= 15 is 0 Å². The molecule has 1 fully saturated rings. The van der Waals surface area contributed by atoms with E-state index in [9.17, 15) is 0 Å².